The molecular formula is C14H19ClFNO2. The SMILES string of the molecule is CC(C)CN(CC(C)C(=O)O)c1ccc(F)c(Cl)c1. The van der Waals surface area contributed by atoms with Gasteiger partial charge in [0, 0.05) is 18.8 Å². The Labute approximate surface area is 118 Å². The lowest BCUT2D eigenvalue weighted by atomic mass is 10.1. The van der Waals surface area contributed by atoms with Crippen molar-refractivity contribution in [3.63, 3.8) is 0 Å². The van der Waals surface area contributed by atoms with Gasteiger partial charge in [-0.3, -0.25) is 4.79 Å². The van der Waals surface area contributed by atoms with Gasteiger partial charge in [0.1, 0.15) is 5.82 Å². The maximum atomic E-state index is 13.2. The Bertz CT molecular complexity index is 451. The van der Waals surface area contributed by atoms with Crippen molar-refractivity contribution >= 4 is 23.3 Å². The normalized spacial score (nSPS) is 12.5. The van der Waals surface area contributed by atoms with Gasteiger partial charge in [0.25, 0.3) is 0 Å². The molecule has 1 aromatic carbocycles. The van der Waals surface area contributed by atoms with Gasteiger partial charge in [0.15, 0.2) is 0 Å². The monoisotopic (exact) mass is 287 g/mol. The minimum Gasteiger partial charge on any atom is -0.481 e. The van der Waals surface area contributed by atoms with Gasteiger partial charge in [-0.15, -0.1) is 0 Å². The quantitative estimate of drug-likeness (QED) is 0.868. The molecule has 1 rings (SSSR count). The zero-order chi connectivity index (χ0) is 14.6. The summed E-state index contributed by atoms with van der Waals surface area (Å²) in [5, 5.41) is 9.05. The number of nitrogens with zero attached hydrogens (tertiary/aromatic N) is 1. The van der Waals surface area contributed by atoms with Gasteiger partial charge in [-0.1, -0.05) is 32.4 Å². The van der Waals surface area contributed by atoms with Crippen molar-refractivity contribution in [3.05, 3.63) is 29.0 Å². The Kier molecular flexibility index (Phi) is 5.60. The van der Waals surface area contributed by atoms with E-state index < -0.39 is 17.7 Å². The van der Waals surface area contributed by atoms with E-state index in [0.29, 0.717) is 19.0 Å². The molecule has 0 aliphatic carbocycles. The molecule has 0 aromatic heterocycles. The van der Waals surface area contributed by atoms with E-state index in [4.69, 9.17) is 16.7 Å². The highest BCUT2D eigenvalue weighted by Gasteiger charge is 2.18. The topological polar surface area (TPSA) is 40.5 Å². The first-order chi connectivity index (χ1) is 8.81. The third-order valence-corrected chi connectivity index (χ3v) is 3.06. The first-order valence-corrected chi connectivity index (χ1v) is 6.61. The standard InChI is InChI=1S/C14H19ClFNO2/c1-9(2)7-17(8-10(3)14(18)19)11-4-5-13(16)12(15)6-11/h4-6,9-10H,7-8H2,1-3H3,(H,18,19). The van der Waals surface area contributed by atoms with Gasteiger partial charge >= 0.3 is 5.97 Å². The van der Waals surface area contributed by atoms with Crippen LogP contribution in [0.5, 0.6) is 0 Å². The molecule has 106 valence electrons. The Morgan fingerprint density at radius 3 is 2.47 bits per heavy atom. The van der Waals surface area contributed by atoms with E-state index in [0.717, 1.165) is 5.69 Å². The Balaban J connectivity index is 2.95. The van der Waals surface area contributed by atoms with Crippen molar-refractivity contribution in [1.82, 2.24) is 0 Å². The van der Waals surface area contributed by atoms with E-state index in [-0.39, 0.29) is 5.02 Å². The van der Waals surface area contributed by atoms with E-state index >= 15 is 0 Å². The predicted octanol–water partition coefficient (Wildman–Crippen LogP) is 3.66. The van der Waals surface area contributed by atoms with Crippen LogP contribution in [0.3, 0.4) is 0 Å². The minimum atomic E-state index is -0.845. The second-order valence-electron chi connectivity index (χ2n) is 5.14. The molecule has 0 radical (unpaired) electrons. The summed E-state index contributed by atoms with van der Waals surface area (Å²) in [7, 11) is 0. The number of carboxylic acids is 1. The zero-order valence-electron chi connectivity index (χ0n) is 11.4. The molecule has 0 aliphatic heterocycles. The molecule has 0 heterocycles. The molecule has 1 N–H and O–H groups in total. The summed E-state index contributed by atoms with van der Waals surface area (Å²) in [4.78, 5) is 12.9. The van der Waals surface area contributed by atoms with Crippen molar-refractivity contribution in [2.24, 2.45) is 11.8 Å². The first kappa shape index (κ1) is 15.8. The van der Waals surface area contributed by atoms with E-state index in [2.05, 4.69) is 0 Å². The first-order valence-electron chi connectivity index (χ1n) is 6.24. The number of benzene rings is 1. The molecule has 0 spiro atoms. The van der Waals surface area contributed by atoms with E-state index in [1.165, 1.54) is 12.1 Å². The molecule has 1 unspecified atom stereocenters. The maximum Gasteiger partial charge on any atom is 0.308 e. The lowest BCUT2D eigenvalue weighted by Crippen LogP contribution is -2.34. The fraction of sp³-hybridized carbons (Fsp3) is 0.500. The number of hydrogen-bond donors (Lipinski definition) is 1. The molecule has 0 saturated carbocycles. The van der Waals surface area contributed by atoms with Gasteiger partial charge in [-0.2, -0.15) is 0 Å². The number of halogens is 2. The van der Waals surface area contributed by atoms with Crippen molar-refractivity contribution in [2.75, 3.05) is 18.0 Å². The van der Waals surface area contributed by atoms with Gasteiger partial charge < -0.3 is 10.0 Å². The lowest BCUT2D eigenvalue weighted by Gasteiger charge is -2.28. The van der Waals surface area contributed by atoms with Crippen LogP contribution in [0.1, 0.15) is 20.8 Å². The number of carboxylic acid groups (broad SMARTS) is 1. The third-order valence-electron chi connectivity index (χ3n) is 2.77. The molecule has 0 bridgehead atoms. The molecule has 0 amide bonds. The maximum absolute atomic E-state index is 13.2. The number of aliphatic carboxylic acids is 1. The number of carbonyl (C=O) groups is 1. The third kappa shape index (κ3) is 4.71. The summed E-state index contributed by atoms with van der Waals surface area (Å²) in [5.74, 6) is -1.45. The molecule has 0 fully saturated rings. The van der Waals surface area contributed by atoms with Crippen LogP contribution in [0.25, 0.3) is 0 Å². The fourth-order valence-corrected chi connectivity index (χ4v) is 1.99. The van der Waals surface area contributed by atoms with Crippen LogP contribution in [-0.4, -0.2) is 24.2 Å². The summed E-state index contributed by atoms with van der Waals surface area (Å²) >= 11 is 5.78. The van der Waals surface area contributed by atoms with Gasteiger partial charge in [0.05, 0.1) is 10.9 Å². The largest absolute Gasteiger partial charge is 0.481 e. The summed E-state index contributed by atoms with van der Waals surface area (Å²) in [6, 6.07) is 4.46. The molecule has 5 heteroatoms. The van der Waals surface area contributed by atoms with Crippen LogP contribution in [0.15, 0.2) is 18.2 Å². The Morgan fingerprint density at radius 1 is 1.37 bits per heavy atom. The van der Waals surface area contributed by atoms with Crippen LogP contribution in [-0.2, 0) is 4.79 Å². The second-order valence-corrected chi connectivity index (χ2v) is 5.54. The summed E-state index contributed by atoms with van der Waals surface area (Å²) in [6.45, 7) is 6.81. The van der Waals surface area contributed by atoms with Crippen LogP contribution in [0.4, 0.5) is 10.1 Å². The van der Waals surface area contributed by atoms with E-state index in [9.17, 15) is 9.18 Å². The predicted molar refractivity (Wildman–Crippen MR) is 75.3 cm³/mol. The summed E-state index contributed by atoms with van der Waals surface area (Å²) < 4.78 is 13.2. The van der Waals surface area contributed by atoms with Crippen LogP contribution in [0.2, 0.25) is 5.02 Å². The highest BCUT2D eigenvalue weighted by Crippen LogP contribution is 2.24. The minimum absolute atomic E-state index is 0.0502. The number of hydrogen-bond acceptors (Lipinski definition) is 2. The molecule has 19 heavy (non-hydrogen) atoms. The molecule has 0 aliphatic rings. The summed E-state index contributed by atoms with van der Waals surface area (Å²) in [5.41, 5.74) is 0.744. The Morgan fingerprint density at radius 2 is 2.00 bits per heavy atom. The molecule has 3 nitrogen and oxygen atoms in total. The molecule has 1 aromatic rings. The summed E-state index contributed by atoms with van der Waals surface area (Å²) in [6.07, 6.45) is 0. The highest BCUT2D eigenvalue weighted by molar-refractivity contribution is 6.31. The molecular weight excluding hydrogens is 269 g/mol. The zero-order valence-corrected chi connectivity index (χ0v) is 12.1. The van der Waals surface area contributed by atoms with Crippen molar-refractivity contribution < 1.29 is 14.3 Å². The highest BCUT2D eigenvalue weighted by atomic mass is 35.5. The second kappa shape index (κ2) is 6.75. The average Bonchev–Trinajstić information content (AvgIpc) is 2.31. The van der Waals surface area contributed by atoms with E-state index in [1.807, 2.05) is 18.7 Å². The van der Waals surface area contributed by atoms with Crippen molar-refractivity contribution in [2.45, 2.75) is 20.8 Å². The van der Waals surface area contributed by atoms with Crippen LogP contribution in [0, 0.1) is 17.7 Å². The smallest absolute Gasteiger partial charge is 0.308 e. The van der Waals surface area contributed by atoms with E-state index in [1.54, 1.807) is 13.0 Å². The lowest BCUT2D eigenvalue weighted by molar-refractivity contribution is -0.140. The molecule has 0 saturated heterocycles. The van der Waals surface area contributed by atoms with Crippen LogP contribution >= 0.6 is 11.6 Å². The van der Waals surface area contributed by atoms with Gasteiger partial charge in [-0.05, 0) is 24.1 Å². The van der Waals surface area contributed by atoms with Crippen molar-refractivity contribution in [1.29, 1.82) is 0 Å². The fourth-order valence-electron chi connectivity index (χ4n) is 1.82. The van der Waals surface area contributed by atoms with Crippen molar-refractivity contribution in [3.8, 4) is 0 Å². The number of rotatable bonds is 6. The van der Waals surface area contributed by atoms with Crippen LogP contribution < -0.4 is 4.90 Å². The Hall–Kier alpha value is -1.29. The average molecular weight is 288 g/mol. The van der Waals surface area contributed by atoms with Gasteiger partial charge in [-0.25, -0.2) is 4.39 Å². The van der Waals surface area contributed by atoms with Gasteiger partial charge in [0.2, 0.25) is 0 Å². The number of anilines is 1. The molecule has 1 atom stereocenters.